The molecule has 2 aromatic carbocycles. The highest BCUT2D eigenvalue weighted by Gasteiger charge is 2.33. The Bertz CT molecular complexity index is 1310. The Morgan fingerprint density at radius 1 is 1.09 bits per heavy atom. The summed E-state index contributed by atoms with van der Waals surface area (Å²) in [5.74, 6) is -0.941. The Balaban J connectivity index is 1.74. The molecule has 0 spiro atoms. The molecule has 0 aliphatic carbocycles. The fourth-order valence-corrected chi connectivity index (χ4v) is 3.84. The van der Waals surface area contributed by atoms with Gasteiger partial charge in [0.2, 0.25) is 11.8 Å². The number of aromatic nitrogens is 4. The summed E-state index contributed by atoms with van der Waals surface area (Å²) in [7, 11) is 0. The second-order valence-electron chi connectivity index (χ2n) is 8.64. The molecule has 1 N–H and O–H groups in total. The van der Waals surface area contributed by atoms with Gasteiger partial charge in [-0.25, -0.2) is 9.07 Å². The summed E-state index contributed by atoms with van der Waals surface area (Å²) in [5.41, 5.74) is 2.09. The van der Waals surface area contributed by atoms with E-state index >= 15 is 0 Å². The van der Waals surface area contributed by atoms with Crippen LogP contribution in [0.5, 0.6) is 0 Å². The van der Waals surface area contributed by atoms with Crippen molar-refractivity contribution in [3.8, 4) is 0 Å². The molecular weight excluding hydrogens is 447 g/mol. The van der Waals surface area contributed by atoms with E-state index in [0.29, 0.717) is 29.1 Å². The number of hydrogen-bond acceptors (Lipinski definition) is 5. The molecule has 4 aromatic rings. The predicted molar refractivity (Wildman–Crippen MR) is 131 cm³/mol. The third-order valence-corrected chi connectivity index (χ3v) is 5.59. The van der Waals surface area contributed by atoms with Crippen molar-refractivity contribution < 1.29 is 14.0 Å². The van der Waals surface area contributed by atoms with Crippen molar-refractivity contribution in [2.75, 3.05) is 11.4 Å². The maximum absolute atomic E-state index is 14.3. The number of para-hydroxylation sites is 1. The first-order valence-electron chi connectivity index (χ1n) is 11.5. The quantitative estimate of drug-likeness (QED) is 0.397. The van der Waals surface area contributed by atoms with Crippen LogP contribution in [0.2, 0.25) is 0 Å². The second kappa shape index (κ2) is 10.9. The lowest BCUT2D eigenvalue weighted by Crippen LogP contribution is -2.45. The van der Waals surface area contributed by atoms with Gasteiger partial charge in [-0.15, -0.1) is 5.10 Å². The van der Waals surface area contributed by atoms with Crippen LogP contribution in [0.25, 0.3) is 11.0 Å². The van der Waals surface area contributed by atoms with Crippen LogP contribution in [0.3, 0.4) is 0 Å². The largest absolute Gasteiger partial charge is 0.354 e. The van der Waals surface area contributed by atoms with Crippen LogP contribution >= 0.6 is 0 Å². The molecular formula is C26H27FN6O2. The summed E-state index contributed by atoms with van der Waals surface area (Å²) >= 11 is 0. The average molecular weight is 475 g/mol. The van der Waals surface area contributed by atoms with E-state index in [0.717, 1.165) is 6.42 Å². The summed E-state index contributed by atoms with van der Waals surface area (Å²) in [5, 5.41) is 11.1. The Morgan fingerprint density at radius 2 is 1.91 bits per heavy atom. The monoisotopic (exact) mass is 474 g/mol. The molecule has 1 atom stereocenters. The number of pyridine rings is 1. The molecule has 2 heterocycles. The summed E-state index contributed by atoms with van der Waals surface area (Å²) in [6.07, 6.45) is 3.91. The highest BCUT2D eigenvalue weighted by Crippen LogP contribution is 2.29. The highest BCUT2D eigenvalue weighted by molar-refractivity contribution is 6.01. The van der Waals surface area contributed by atoms with Gasteiger partial charge in [0.15, 0.2) is 0 Å². The minimum Gasteiger partial charge on any atom is -0.354 e. The van der Waals surface area contributed by atoms with E-state index in [1.165, 1.54) is 34.0 Å². The van der Waals surface area contributed by atoms with E-state index < -0.39 is 17.8 Å². The zero-order chi connectivity index (χ0) is 24.8. The number of anilines is 1. The lowest BCUT2D eigenvalue weighted by atomic mass is 10.0. The maximum atomic E-state index is 14.3. The fraction of sp³-hybridized carbons (Fsp3) is 0.269. The van der Waals surface area contributed by atoms with Crippen LogP contribution in [0.15, 0.2) is 73.1 Å². The number of nitrogens with one attached hydrogen (secondary N) is 1. The molecule has 0 saturated heterocycles. The SMILES string of the molecule is CC(C)CCNC(=O)C(c1cccnc1)N(C(=O)Cn1nnc2ccccc21)c1cccc(F)c1. The van der Waals surface area contributed by atoms with Gasteiger partial charge in [-0.05, 0) is 48.7 Å². The Kier molecular flexibility index (Phi) is 7.45. The van der Waals surface area contributed by atoms with Crippen molar-refractivity contribution in [2.24, 2.45) is 5.92 Å². The Labute approximate surface area is 202 Å². The second-order valence-corrected chi connectivity index (χ2v) is 8.64. The number of hydrogen-bond donors (Lipinski definition) is 1. The first kappa shape index (κ1) is 24.0. The van der Waals surface area contributed by atoms with Gasteiger partial charge in [-0.1, -0.05) is 43.3 Å². The van der Waals surface area contributed by atoms with Crippen LogP contribution in [0, 0.1) is 11.7 Å². The van der Waals surface area contributed by atoms with E-state index in [2.05, 4.69) is 34.5 Å². The lowest BCUT2D eigenvalue weighted by Gasteiger charge is -2.31. The number of rotatable bonds is 9. The van der Waals surface area contributed by atoms with Crippen molar-refractivity contribution >= 4 is 28.5 Å². The third-order valence-electron chi connectivity index (χ3n) is 5.59. The summed E-state index contributed by atoms with van der Waals surface area (Å²) < 4.78 is 15.7. The van der Waals surface area contributed by atoms with Crippen molar-refractivity contribution in [2.45, 2.75) is 32.9 Å². The summed E-state index contributed by atoms with van der Waals surface area (Å²) in [6.45, 7) is 4.39. The van der Waals surface area contributed by atoms with Gasteiger partial charge in [0.05, 0.1) is 5.52 Å². The van der Waals surface area contributed by atoms with Gasteiger partial charge in [0.1, 0.15) is 23.9 Å². The standard InChI is InChI=1S/C26H27FN6O2/c1-18(2)12-14-29-26(35)25(19-7-6-13-28-16-19)33(21-9-5-8-20(27)15-21)24(34)17-32-23-11-4-3-10-22(23)30-31-32/h3-11,13,15-16,18,25H,12,14,17H2,1-2H3,(H,29,35). The van der Waals surface area contributed by atoms with Gasteiger partial charge in [-0.2, -0.15) is 0 Å². The van der Waals surface area contributed by atoms with Crippen molar-refractivity contribution in [3.63, 3.8) is 0 Å². The van der Waals surface area contributed by atoms with Crippen LogP contribution in [-0.2, 0) is 16.1 Å². The molecule has 0 saturated carbocycles. The predicted octanol–water partition coefficient (Wildman–Crippen LogP) is 3.90. The number of carbonyl (C=O) groups excluding carboxylic acids is 2. The zero-order valence-corrected chi connectivity index (χ0v) is 19.6. The molecule has 2 aromatic heterocycles. The van der Waals surface area contributed by atoms with Gasteiger partial charge in [0.25, 0.3) is 0 Å². The van der Waals surface area contributed by atoms with E-state index in [9.17, 15) is 14.0 Å². The van der Waals surface area contributed by atoms with E-state index in [4.69, 9.17) is 0 Å². The van der Waals surface area contributed by atoms with Gasteiger partial charge in [-0.3, -0.25) is 19.5 Å². The molecule has 4 rings (SSSR count). The first-order valence-corrected chi connectivity index (χ1v) is 11.5. The van der Waals surface area contributed by atoms with Gasteiger partial charge >= 0.3 is 0 Å². The molecule has 0 aliphatic heterocycles. The molecule has 180 valence electrons. The third kappa shape index (κ3) is 5.68. The van der Waals surface area contributed by atoms with Gasteiger partial charge in [0, 0.05) is 30.2 Å². The number of fused-ring (bicyclic) bond motifs is 1. The molecule has 0 bridgehead atoms. The van der Waals surface area contributed by atoms with Crippen molar-refractivity contribution in [1.82, 2.24) is 25.3 Å². The molecule has 9 heteroatoms. The van der Waals surface area contributed by atoms with Crippen molar-refractivity contribution in [3.05, 3.63) is 84.4 Å². The molecule has 35 heavy (non-hydrogen) atoms. The zero-order valence-electron chi connectivity index (χ0n) is 19.6. The Hall–Kier alpha value is -4.14. The lowest BCUT2D eigenvalue weighted by molar-refractivity contribution is -0.127. The van der Waals surface area contributed by atoms with Crippen LogP contribution < -0.4 is 10.2 Å². The number of nitrogens with zero attached hydrogens (tertiary/aromatic N) is 5. The van der Waals surface area contributed by atoms with E-state index in [1.807, 2.05) is 18.2 Å². The summed E-state index contributed by atoms with van der Waals surface area (Å²) in [6, 6.07) is 15.3. The normalized spacial score (nSPS) is 12.0. The minimum atomic E-state index is -1.06. The minimum absolute atomic E-state index is 0.187. The fourth-order valence-electron chi connectivity index (χ4n) is 3.84. The van der Waals surface area contributed by atoms with Crippen molar-refractivity contribution in [1.29, 1.82) is 0 Å². The molecule has 0 fully saturated rings. The smallest absolute Gasteiger partial charge is 0.249 e. The molecule has 0 aliphatic rings. The number of benzene rings is 2. The number of halogens is 1. The average Bonchev–Trinajstić information content (AvgIpc) is 3.25. The molecule has 1 unspecified atom stereocenters. The molecule has 8 nitrogen and oxygen atoms in total. The van der Waals surface area contributed by atoms with E-state index in [-0.39, 0.29) is 18.1 Å². The van der Waals surface area contributed by atoms with Gasteiger partial charge < -0.3 is 5.32 Å². The number of carbonyl (C=O) groups is 2. The maximum Gasteiger partial charge on any atom is 0.249 e. The molecule has 2 amide bonds. The van der Waals surface area contributed by atoms with E-state index in [1.54, 1.807) is 30.5 Å². The van der Waals surface area contributed by atoms with Crippen LogP contribution in [0.1, 0.15) is 31.9 Å². The first-order chi connectivity index (χ1) is 16.9. The van der Waals surface area contributed by atoms with Crippen LogP contribution in [-0.4, -0.2) is 38.3 Å². The summed E-state index contributed by atoms with van der Waals surface area (Å²) in [4.78, 5) is 32.7. The highest BCUT2D eigenvalue weighted by atomic mass is 19.1. The number of amides is 2. The Morgan fingerprint density at radius 3 is 2.66 bits per heavy atom. The topological polar surface area (TPSA) is 93.0 Å². The van der Waals surface area contributed by atoms with Crippen LogP contribution in [0.4, 0.5) is 10.1 Å². The molecule has 0 radical (unpaired) electrons.